The van der Waals surface area contributed by atoms with Crippen molar-refractivity contribution in [2.24, 2.45) is 4.99 Å². The maximum atomic E-state index is 14.2. The van der Waals surface area contributed by atoms with Gasteiger partial charge in [-0.05, 0) is 50.1 Å². The minimum absolute atomic E-state index is 0.226. The minimum atomic E-state index is -0.337. The number of benzene rings is 1. The summed E-state index contributed by atoms with van der Waals surface area (Å²) in [4.78, 5) is 3.77. The topological polar surface area (TPSA) is 36.2 Å². The Morgan fingerprint density at radius 1 is 1.21 bits per heavy atom. The maximum absolute atomic E-state index is 14.2. The predicted octanol–water partition coefficient (Wildman–Crippen LogP) is 5.00. The van der Waals surface area contributed by atoms with Gasteiger partial charge in [-0.1, -0.05) is 27.7 Å². The van der Waals surface area contributed by atoms with Gasteiger partial charge in [-0.2, -0.15) is 0 Å². The second kappa shape index (κ2) is 7.82. The first-order valence-corrected chi connectivity index (χ1v) is 6.85. The van der Waals surface area contributed by atoms with Crippen molar-refractivity contribution in [2.75, 3.05) is 0 Å². The van der Waals surface area contributed by atoms with Gasteiger partial charge in [0.25, 0.3) is 0 Å². The van der Waals surface area contributed by atoms with E-state index in [0.29, 0.717) is 16.8 Å². The molecule has 0 bridgehead atoms. The Kier molecular flexibility index (Phi) is 7.20. The predicted molar refractivity (Wildman–Crippen MR) is 83.0 cm³/mol. The molecular weight excluding hydrogens is 239 g/mol. The second-order valence-electron chi connectivity index (χ2n) is 4.11. The summed E-state index contributed by atoms with van der Waals surface area (Å²) in [7, 11) is 0. The molecule has 0 aromatic heterocycles. The third kappa shape index (κ3) is 3.28. The number of nitrogens with one attached hydrogen (secondary N) is 1. The highest BCUT2D eigenvalue weighted by Gasteiger charge is 2.20. The van der Waals surface area contributed by atoms with E-state index in [1.54, 1.807) is 13.8 Å². The van der Waals surface area contributed by atoms with E-state index < -0.39 is 0 Å². The van der Waals surface area contributed by atoms with E-state index in [2.05, 4.69) is 11.7 Å². The van der Waals surface area contributed by atoms with E-state index >= 15 is 0 Å². The first kappa shape index (κ1) is 17.5. The summed E-state index contributed by atoms with van der Waals surface area (Å²) >= 11 is 0. The normalized spacial score (nSPS) is 9.63. The van der Waals surface area contributed by atoms with Crippen molar-refractivity contribution in [3.63, 3.8) is 0 Å². The van der Waals surface area contributed by atoms with Gasteiger partial charge in [-0.15, -0.1) is 0 Å². The standard InChI is InChI=1S/C14H19FN2.C2H6/c1-6-10-8(3)13(15)14(17-5)12(9(4)16)11(10)7-2;1-2/h16H,5-7H2,1-4H3;1-2H3. The summed E-state index contributed by atoms with van der Waals surface area (Å²) in [6.07, 6.45) is 1.54. The number of aliphatic imine (C=N–C) groups is 1. The van der Waals surface area contributed by atoms with Gasteiger partial charge in [0, 0.05) is 11.3 Å². The van der Waals surface area contributed by atoms with Crippen molar-refractivity contribution in [1.29, 1.82) is 5.41 Å². The van der Waals surface area contributed by atoms with Gasteiger partial charge >= 0.3 is 0 Å². The van der Waals surface area contributed by atoms with Gasteiger partial charge in [0.1, 0.15) is 5.69 Å². The molecule has 0 aliphatic heterocycles. The van der Waals surface area contributed by atoms with Crippen LogP contribution >= 0.6 is 0 Å². The Balaban J connectivity index is 0.00000154. The van der Waals surface area contributed by atoms with Gasteiger partial charge in [-0.3, -0.25) is 4.99 Å². The second-order valence-corrected chi connectivity index (χ2v) is 4.11. The van der Waals surface area contributed by atoms with Crippen LogP contribution < -0.4 is 0 Å². The summed E-state index contributed by atoms with van der Waals surface area (Å²) in [5.74, 6) is -0.337. The fraction of sp³-hybridized carbons (Fsp3) is 0.500. The van der Waals surface area contributed by atoms with Gasteiger partial charge in [0.05, 0.1) is 0 Å². The molecule has 0 saturated heterocycles. The molecule has 1 aromatic rings. The number of hydrogen-bond acceptors (Lipinski definition) is 2. The van der Waals surface area contributed by atoms with Crippen LogP contribution in [0.3, 0.4) is 0 Å². The molecule has 19 heavy (non-hydrogen) atoms. The van der Waals surface area contributed by atoms with Crippen molar-refractivity contribution < 1.29 is 4.39 Å². The molecule has 0 amide bonds. The Hall–Kier alpha value is -1.51. The SMILES string of the molecule is C=Nc1c(F)c(C)c(CC)c(CC)c1C(C)=N.CC. The molecular formula is C16H25FN2. The van der Waals surface area contributed by atoms with E-state index in [1.165, 1.54) is 0 Å². The van der Waals surface area contributed by atoms with Crippen LogP contribution in [0.2, 0.25) is 0 Å². The van der Waals surface area contributed by atoms with Crippen LogP contribution in [0.1, 0.15) is 56.9 Å². The fourth-order valence-electron chi connectivity index (χ4n) is 2.36. The average Bonchev–Trinajstić information content (AvgIpc) is 2.42. The lowest BCUT2D eigenvalue weighted by atomic mass is 9.89. The summed E-state index contributed by atoms with van der Waals surface area (Å²) in [5.41, 5.74) is 3.85. The molecule has 0 fully saturated rings. The van der Waals surface area contributed by atoms with Crippen LogP contribution in [0.5, 0.6) is 0 Å². The molecule has 0 radical (unpaired) electrons. The number of halogens is 1. The van der Waals surface area contributed by atoms with E-state index in [9.17, 15) is 4.39 Å². The fourth-order valence-corrected chi connectivity index (χ4v) is 2.36. The third-order valence-electron chi connectivity index (χ3n) is 3.13. The third-order valence-corrected chi connectivity index (χ3v) is 3.13. The Bertz CT molecular complexity index is 476. The van der Waals surface area contributed by atoms with Crippen molar-refractivity contribution in [3.05, 3.63) is 28.1 Å². The van der Waals surface area contributed by atoms with Crippen LogP contribution in [0.15, 0.2) is 4.99 Å². The summed E-state index contributed by atoms with van der Waals surface area (Å²) < 4.78 is 14.2. The Morgan fingerprint density at radius 3 is 2.00 bits per heavy atom. The molecule has 106 valence electrons. The first-order chi connectivity index (χ1) is 8.99. The summed E-state index contributed by atoms with van der Waals surface area (Å²) in [6.45, 7) is 14.9. The van der Waals surface area contributed by atoms with Crippen LogP contribution in [0, 0.1) is 18.2 Å². The maximum Gasteiger partial charge on any atom is 0.152 e. The van der Waals surface area contributed by atoms with Crippen molar-refractivity contribution in [3.8, 4) is 0 Å². The van der Waals surface area contributed by atoms with Gasteiger partial charge in [0.15, 0.2) is 5.82 Å². The Labute approximate surface area is 116 Å². The molecule has 0 aliphatic rings. The summed E-state index contributed by atoms with van der Waals surface area (Å²) in [6, 6.07) is 0. The van der Waals surface area contributed by atoms with Crippen LogP contribution in [-0.4, -0.2) is 12.4 Å². The molecule has 1 aromatic carbocycles. The molecule has 0 aliphatic carbocycles. The highest BCUT2D eigenvalue weighted by Crippen LogP contribution is 2.33. The van der Waals surface area contributed by atoms with E-state index in [-0.39, 0.29) is 11.5 Å². The van der Waals surface area contributed by atoms with E-state index in [4.69, 9.17) is 5.41 Å². The zero-order valence-corrected chi connectivity index (χ0v) is 12.9. The van der Waals surface area contributed by atoms with Crippen LogP contribution in [0.25, 0.3) is 0 Å². The van der Waals surface area contributed by atoms with Crippen molar-refractivity contribution in [1.82, 2.24) is 0 Å². The van der Waals surface area contributed by atoms with Crippen molar-refractivity contribution >= 4 is 18.1 Å². The molecule has 0 heterocycles. The lowest BCUT2D eigenvalue weighted by Gasteiger charge is -2.18. The highest BCUT2D eigenvalue weighted by atomic mass is 19.1. The monoisotopic (exact) mass is 264 g/mol. The average molecular weight is 264 g/mol. The number of rotatable bonds is 4. The van der Waals surface area contributed by atoms with Crippen LogP contribution in [0.4, 0.5) is 10.1 Å². The Morgan fingerprint density at radius 2 is 1.68 bits per heavy atom. The molecule has 1 N–H and O–H groups in total. The molecule has 1 rings (SSSR count). The molecule has 0 saturated carbocycles. The first-order valence-electron chi connectivity index (χ1n) is 6.85. The minimum Gasteiger partial charge on any atom is -0.305 e. The van der Waals surface area contributed by atoms with Crippen molar-refractivity contribution in [2.45, 2.75) is 54.4 Å². The molecule has 0 unspecified atom stereocenters. The zero-order valence-electron chi connectivity index (χ0n) is 12.9. The van der Waals surface area contributed by atoms with Gasteiger partial charge < -0.3 is 5.41 Å². The number of nitrogens with zero attached hydrogens (tertiary/aromatic N) is 1. The number of hydrogen-bond donors (Lipinski definition) is 1. The van der Waals surface area contributed by atoms with Crippen LogP contribution in [-0.2, 0) is 12.8 Å². The molecule has 0 spiro atoms. The smallest absolute Gasteiger partial charge is 0.152 e. The highest BCUT2D eigenvalue weighted by molar-refractivity contribution is 6.03. The molecule has 3 heteroatoms. The molecule has 2 nitrogen and oxygen atoms in total. The van der Waals surface area contributed by atoms with Gasteiger partial charge in [0.2, 0.25) is 0 Å². The zero-order chi connectivity index (χ0) is 15.2. The lowest BCUT2D eigenvalue weighted by molar-refractivity contribution is 0.616. The summed E-state index contributed by atoms with van der Waals surface area (Å²) in [5, 5.41) is 7.81. The van der Waals surface area contributed by atoms with Gasteiger partial charge in [-0.25, -0.2) is 4.39 Å². The lowest BCUT2D eigenvalue weighted by Crippen LogP contribution is -2.08. The van der Waals surface area contributed by atoms with E-state index in [1.807, 2.05) is 27.7 Å². The largest absolute Gasteiger partial charge is 0.305 e. The quantitative estimate of drug-likeness (QED) is 0.743. The molecule has 0 atom stereocenters. The van der Waals surface area contributed by atoms with E-state index in [0.717, 1.165) is 24.0 Å².